The number of carbonyl (C=O) groups is 2. The number of aryl methyl sites for hydroxylation is 1. The van der Waals surface area contributed by atoms with E-state index in [0.717, 1.165) is 34.6 Å². The molecule has 0 radical (unpaired) electrons. The van der Waals surface area contributed by atoms with Crippen LogP contribution in [0.2, 0.25) is 0 Å². The molecule has 2 amide bonds. The molecule has 0 saturated carbocycles. The van der Waals surface area contributed by atoms with E-state index in [1.807, 2.05) is 99.6 Å². The molecule has 3 rings (SSSR count). The average molecular weight is 517 g/mol. The van der Waals surface area contributed by atoms with Crippen LogP contribution in [0.15, 0.2) is 78.9 Å². The van der Waals surface area contributed by atoms with Gasteiger partial charge in [0.05, 0.1) is 13.7 Å². The normalized spacial score (nSPS) is 12.3. The lowest BCUT2D eigenvalue weighted by atomic mass is 10.0. The lowest BCUT2D eigenvalue weighted by Crippen LogP contribution is -2.52. The molecule has 0 fully saturated rings. The maximum atomic E-state index is 13.7. The molecule has 3 aromatic carbocycles. The van der Waals surface area contributed by atoms with Crippen LogP contribution in [0.4, 0.5) is 0 Å². The highest BCUT2D eigenvalue weighted by Crippen LogP contribution is 2.19. The number of benzene rings is 3. The molecule has 0 bridgehead atoms. The van der Waals surface area contributed by atoms with Crippen LogP contribution in [-0.4, -0.2) is 42.5 Å². The summed E-state index contributed by atoms with van der Waals surface area (Å²) in [5.41, 5.74) is 3.16. The predicted octanol–water partition coefficient (Wildman–Crippen LogP) is 5.72. The highest BCUT2D eigenvalue weighted by atomic mass is 16.5. The third-order valence-corrected chi connectivity index (χ3v) is 6.61. The van der Waals surface area contributed by atoms with Gasteiger partial charge in [0.1, 0.15) is 17.5 Å². The van der Waals surface area contributed by atoms with Gasteiger partial charge in [0.15, 0.2) is 0 Å². The van der Waals surface area contributed by atoms with Crippen molar-refractivity contribution in [2.45, 2.75) is 65.1 Å². The molecule has 0 aliphatic carbocycles. The summed E-state index contributed by atoms with van der Waals surface area (Å²) >= 11 is 0. The van der Waals surface area contributed by atoms with Gasteiger partial charge in [0.2, 0.25) is 11.8 Å². The SMILES string of the molecule is CCC(C)NC(=O)C(Cc1ccccc1)N(Cc1ccc(C)cc1)C(=O)CCCOc1ccc(OC)cc1. The quantitative estimate of drug-likeness (QED) is 0.278. The van der Waals surface area contributed by atoms with E-state index in [4.69, 9.17) is 9.47 Å². The molecule has 0 aromatic heterocycles. The second kappa shape index (κ2) is 14.8. The first-order chi connectivity index (χ1) is 18.4. The van der Waals surface area contributed by atoms with Crippen molar-refractivity contribution in [1.82, 2.24) is 10.2 Å². The monoisotopic (exact) mass is 516 g/mol. The van der Waals surface area contributed by atoms with Gasteiger partial charge < -0.3 is 19.7 Å². The van der Waals surface area contributed by atoms with E-state index in [9.17, 15) is 9.59 Å². The average Bonchev–Trinajstić information content (AvgIpc) is 2.94. The molecule has 0 aliphatic rings. The number of nitrogens with one attached hydrogen (secondary N) is 1. The van der Waals surface area contributed by atoms with Crippen molar-refractivity contribution in [3.05, 3.63) is 95.6 Å². The first kappa shape index (κ1) is 28.8. The first-order valence-electron chi connectivity index (χ1n) is 13.4. The Morgan fingerprint density at radius 1 is 0.895 bits per heavy atom. The Morgan fingerprint density at radius 3 is 2.18 bits per heavy atom. The minimum Gasteiger partial charge on any atom is -0.497 e. The number of nitrogens with zero attached hydrogens (tertiary/aromatic N) is 1. The molecule has 2 atom stereocenters. The number of carbonyl (C=O) groups excluding carboxylic acids is 2. The second-order valence-corrected chi connectivity index (χ2v) is 9.66. The molecule has 3 aromatic rings. The van der Waals surface area contributed by atoms with Crippen molar-refractivity contribution in [2.24, 2.45) is 0 Å². The van der Waals surface area contributed by atoms with Gasteiger partial charge in [-0.1, -0.05) is 67.1 Å². The summed E-state index contributed by atoms with van der Waals surface area (Å²) in [7, 11) is 1.62. The van der Waals surface area contributed by atoms with Crippen LogP contribution in [0.25, 0.3) is 0 Å². The van der Waals surface area contributed by atoms with Crippen molar-refractivity contribution in [1.29, 1.82) is 0 Å². The summed E-state index contributed by atoms with van der Waals surface area (Å²) in [6, 6.07) is 24.8. The Balaban J connectivity index is 1.77. The summed E-state index contributed by atoms with van der Waals surface area (Å²) in [6.07, 6.45) is 2.09. The van der Waals surface area contributed by atoms with Crippen molar-refractivity contribution in [3.8, 4) is 11.5 Å². The molecule has 2 unspecified atom stereocenters. The van der Waals surface area contributed by atoms with Gasteiger partial charge in [0.25, 0.3) is 0 Å². The van der Waals surface area contributed by atoms with Crippen molar-refractivity contribution < 1.29 is 19.1 Å². The van der Waals surface area contributed by atoms with Crippen LogP contribution >= 0.6 is 0 Å². The molecule has 0 heterocycles. The van der Waals surface area contributed by atoms with Crippen molar-refractivity contribution in [3.63, 3.8) is 0 Å². The van der Waals surface area contributed by atoms with E-state index in [2.05, 4.69) is 5.32 Å². The molecule has 38 heavy (non-hydrogen) atoms. The zero-order chi connectivity index (χ0) is 27.3. The van der Waals surface area contributed by atoms with E-state index >= 15 is 0 Å². The van der Waals surface area contributed by atoms with Crippen LogP contribution in [0.1, 0.15) is 49.8 Å². The number of hydrogen-bond acceptors (Lipinski definition) is 4. The van der Waals surface area contributed by atoms with Crippen molar-refractivity contribution in [2.75, 3.05) is 13.7 Å². The highest BCUT2D eigenvalue weighted by molar-refractivity contribution is 5.88. The maximum Gasteiger partial charge on any atom is 0.243 e. The zero-order valence-electron chi connectivity index (χ0n) is 23.0. The van der Waals surface area contributed by atoms with Crippen LogP contribution in [-0.2, 0) is 22.6 Å². The number of hydrogen-bond donors (Lipinski definition) is 1. The second-order valence-electron chi connectivity index (χ2n) is 9.66. The minimum absolute atomic E-state index is 0.0231. The summed E-state index contributed by atoms with van der Waals surface area (Å²) < 4.78 is 11.0. The number of rotatable bonds is 14. The summed E-state index contributed by atoms with van der Waals surface area (Å²) in [5.74, 6) is 1.30. The molecule has 0 aliphatic heterocycles. The Morgan fingerprint density at radius 2 is 1.55 bits per heavy atom. The fraction of sp³-hybridized carbons (Fsp3) is 0.375. The number of methoxy groups -OCH3 is 1. The molecule has 202 valence electrons. The third kappa shape index (κ3) is 8.94. The Labute approximate surface area is 227 Å². The minimum atomic E-state index is -0.622. The van der Waals surface area contributed by atoms with Gasteiger partial charge in [-0.3, -0.25) is 9.59 Å². The molecule has 0 spiro atoms. The maximum absolute atomic E-state index is 13.7. The molecular formula is C32H40N2O4. The summed E-state index contributed by atoms with van der Waals surface area (Å²) in [6.45, 7) is 6.82. The number of ether oxygens (including phenoxy) is 2. The van der Waals surface area contributed by atoms with Gasteiger partial charge in [-0.05, 0) is 62.1 Å². The fourth-order valence-corrected chi connectivity index (χ4v) is 4.11. The van der Waals surface area contributed by atoms with Crippen LogP contribution in [0.5, 0.6) is 11.5 Å². The molecule has 6 heteroatoms. The van der Waals surface area contributed by atoms with Gasteiger partial charge in [-0.2, -0.15) is 0 Å². The molecule has 6 nitrogen and oxygen atoms in total. The molecule has 1 N–H and O–H groups in total. The molecular weight excluding hydrogens is 476 g/mol. The summed E-state index contributed by atoms with van der Waals surface area (Å²) in [4.78, 5) is 28.9. The van der Waals surface area contributed by atoms with Gasteiger partial charge in [-0.25, -0.2) is 0 Å². The van der Waals surface area contributed by atoms with E-state index in [0.29, 0.717) is 26.0 Å². The lowest BCUT2D eigenvalue weighted by molar-refractivity contribution is -0.141. The topological polar surface area (TPSA) is 67.9 Å². The zero-order valence-corrected chi connectivity index (χ0v) is 23.0. The van der Waals surface area contributed by atoms with Crippen LogP contribution in [0.3, 0.4) is 0 Å². The Kier molecular flexibility index (Phi) is 11.2. The Hall–Kier alpha value is -3.80. The highest BCUT2D eigenvalue weighted by Gasteiger charge is 2.30. The fourth-order valence-electron chi connectivity index (χ4n) is 4.11. The van der Waals surface area contributed by atoms with Gasteiger partial charge in [-0.15, -0.1) is 0 Å². The Bertz CT molecular complexity index is 1130. The first-order valence-corrected chi connectivity index (χ1v) is 13.4. The number of amides is 2. The van der Waals surface area contributed by atoms with E-state index in [-0.39, 0.29) is 24.3 Å². The predicted molar refractivity (Wildman–Crippen MR) is 151 cm³/mol. The van der Waals surface area contributed by atoms with E-state index in [1.165, 1.54) is 0 Å². The van der Waals surface area contributed by atoms with Gasteiger partial charge in [0, 0.05) is 25.4 Å². The molecule has 0 saturated heterocycles. The van der Waals surface area contributed by atoms with Crippen LogP contribution in [0, 0.1) is 6.92 Å². The van der Waals surface area contributed by atoms with Crippen molar-refractivity contribution >= 4 is 11.8 Å². The van der Waals surface area contributed by atoms with E-state index in [1.54, 1.807) is 12.0 Å². The lowest BCUT2D eigenvalue weighted by Gasteiger charge is -2.32. The summed E-state index contributed by atoms with van der Waals surface area (Å²) in [5, 5.41) is 3.11. The van der Waals surface area contributed by atoms with E-state index < -0.39 is 6.04 Å². The standard InChI is InChI=1S/C32H40N2O4/c1-5-25(3)33-32(36)30(22-26-10-7-6-8-11-26)34(23-27-15-13-24(2)14-16-27)31(35)12-9-21-38-29-19-17-28(37-4)18-20-29/h6-8,10-11,13-20,25,30H,5,9,12,21-23H2,1-4H3,(H,33,36). The smallest absolute Gasteiger partial charge is 0.243 e. The largest absolute Gasteiger partial charge is 0.497 e. The third-order valence-electron chi connectivity index (χ3n) is 6.61. The van der Waals surface area contributed by atoms with Gasteiger partial charge >= 0.3 is 0 Å². The van der Waals surface area contributed by atoms with Crippen LogP contribution < -0.4 is 14.8 Å².